The van der Waals surface area contributed by atoms with E-state index in [0.717, 1.165) is 0 Å². The van der Waals surface area contributed by atoms with E-state index in [9.17, 15) is 10.1 Å². The minimum absolute atomic E-state index is 0.00151. The Morgan fingerprint density at radius 3 is 2.83 bits per heavy atom. The monoisotopic (exact) mass is 256 g/mol. The van der Waals surface area contributed by atoms with E-state index in [0.29, 0.717) is 12.8 Å². The van der Waals surface area contributed by atoms with Crippen LogP contribution in [0.5, 0.6) is 5.88 Å². The van der Waals surface area contributed by atoms with Gasteiger partial charge in [0.25, 0.3) is 5.88 Å². The van der Waals surface area contributed by atoms with Gasteiger partial charge >= 0.3 is 5.69 Å². The van der Waals surface area contributed by atoms with Crippen LogP contribution >= 0.6 is 0 Å². The number of nitrogens with zero attached hydrogens (tertiary/aromatic N) is 3. The second-order valence-electron chi connectivity index (χ2n) is 3.60. The number of aliphatic hydroxyl groups excluding tert-OH is 1. The number of ether oxygens (including phenoxy) is 1. The Kier molecular flexibility index (Phi) is 5.25. The Hall–Kier alpha value is -1.96. The highest BCUT2D eigenvalue weighted by atomic mass is 16.6. The van der Waals surface area contributed by atoms with Gasteiger partial charge in [-0.2, -0.15) is 4.98 Å². The Bertz CT molecular complexity index is 413. The largest absolute Gasteiger partial charge is 0.476 e. The van der Waals surface area contributed by atoms with E-state index in [4.69, 9.17) is 9.84 Å². The second-order valence-corrected chi connectivity index (χ2v) is 3.60. The summed E-state index contributed by atoms with van der Waals surface area (Å²) in [5, 5.41) is 22.8. The van der Waals surface area contributed by atoms with Gasteiger partial charge in [0.15, 0.2) is 0 Å². The molecule has 1 aromatic heterocycles. The van der Waals surface area contributed by atoms with Gasteiger partial charge in [-0.05, 0) is 12.8 Å². The first-order valence-electron chi connectivity index (χ1n) is 5.54. The molecule has 0 aromatic carbocycles. The molecule has 1 unspecified atom stereocenters. The molecule has 8 nitrogen and oxygen atoms in total. The van der Waals surface area contributed by atoms with E-state index in [2.05, 4.69) is 15.3 Å². The highest BCUT2D eigenvalue weighted by molar-refractivity contribution is 5.61. The van der Waals surface area contributed by atoms with Gasteiger partial charge in [-0.15, -0.1) is 0 Å². The average Bonchev–Trinajstić information content (AvgIpc) is 2.37. The average molecular weight is 256 g/mol. The predicted octanol–water partition coefficient (Wildman–Crippen LogP) is 0.966. The summed E-state index contributed by atoms with van der Waals surface area (Å²) in [5.41, 5.74) is -0.295. The van der Waals surface area contributed by atoms with Crippen molar-refractivity contribution in [3.8, 4) is 5.88 Å². The molecule has 0 fully saturated rings. The molecule has 0 aliphatic heterocycles. The summed E-state index contributed by atoms with van der Waals surface area (Å²) in [6.45, 7) is 1.92. The molecule has 0 aliphatic carbocycles. The summed E-state index contributed by atoms with van der Waals surface area (Å²) in [6, 6.07) is -0.0895. The number of anilines is 1. The molecule has 1 atom stereocenters. The number of rotatable bonds is 7. The topological polar surface area (TPSA) is 110 Å². The summed E-state index contributed by atoms with van der Waals surface area (Å²) < 4.78 is 4.84. The fourth-order valence-electron chi connectivity index (χ4n) is 1.51. The first-order chi connectivity index (χ1) is 8.63. The Balaban J connectivity index is 3.03. The third kappa shape index (κ3) is 3.27. The van der Waals surface area contributed by atoms with Crippen LogP contribution in [0.2, 0.25) is 0 Å². The smallest absolute Gasteiger partial charge is 0.372 e. The van der Waals surface area contributed by atoms with Crippen molar-refractivity contribution in [3.63, 3.8) is 0 Å². The van der Waals surface area contributed by atoms with Gasteiger partial charge in [0.1, 0.15) is 6.33 Å². The fourth-order valence-corrected chi connectivity index (χ4v) is 1.51. The lowest BCUT2D eigenvalue weighted by Crippen LogP contribution is -2.21. The number of hydrogen-bond donors (Lipinski definition) is 2. The van der Waals surface area contributed by atoms with Crippen LogP contribution in [0.25, 0.3) is 0 Å². The van der Waals surface area contributed by atoms with Crippen molar-refractivity contribution in [2.24, 2.45) is 0 Å². The molecular weight excluding hydrogens is 240 g/mol. The SMILES string of the molecule is CCC(CCO)Nc1ncnc(OC)c1[N+](=O)[O-]. The number of hydrogen-bond acceptors (Lipinski definition) is 7. The number of aromatic nitrogens is 2. The van der Waals surface area contributed by atoms with Gasteiger partial charge in [-0.1, -0.05) is 6.92 Å². The summed E-state index contributed by atoms with van der Waals surface area (Å²) in [5.74, 6) is 0.0171. The standard InChI is InChI=1S/C10H16N4O4/c1-3-7(4-5-15)13-9-8(14(16)17)10(18-2)12-6-11-9/h6-7,15H,3-5H2,1-2H3,(H,11,12,13). The highest BCUT2D eigenvalue weighted by Crippen LogP contribution is 2.31. The molecule has 18 heavy (non-hydrogen) atoms. The first kappa shape index (κ1) is 14.1. The van der Waals surface area contributed by atoms with Crippen molar-refractivity contribution in [2.45, 2.75) is 25.8 Å². The van der Waals surface area contributed by atoms with E-state index in [-0.39, 0.29) is 30.0 Å². The molecule has 1 aromatic rings. The third-order valence-corrected chi connectivity index (χ3v) is 2.48. The number of nitro groups is 1. The van der Waals surface area contributed by atoms with Gasteiger partial charge in [-0.3, -0.25) is 10.1 Å². The molecule has 1 heterocycles. The zero-order chi connectivity index (χ0) is 13.5. The lowest BCUT2D eigenvalue weighted by atomic mass is 10.1. The quantitative estimate of drug-likeness (QED) is 0.552. The van der Waals surface area contributed by atoms with Crippen molar-refractivity contribution < 1.29 is 14.8 Å². The molecule has 0 bridgehead atoms. The molecule has 1 rings (SSSR count). The summed E-state index contributed by atoms with van der Waals surface area (Å²) in [7, 11) is 1.31. The van der Waals surface area contributed by atoms with Crippen molar-refractivity contribution in [2.75, 3.05) is 19.0 Å². The Morgan fingerprint density at radius 1 is 1.61 bits per heavy atom. The van der Waals surface area contributed by atoms with Crippen molar-refractivity contribution in [3.05, 3.63) is 16.4 Å². The van der Waals surface area contributed by atoms with E-state index < -0.39 is 4.92 Å². The Morgan fingerprint density at radius 2 is 2.33 bits per heavy atom. The fraction of sp³-hybridized carbons (Fsp3) is 0.600. The molecule has 0 amide bonds. The zero-order valence-electron chi connectivity index (χ0n) is 10.3. The van der Waals surface area contributed by atoms with Crippen molar-refractivity contribution in [1.82, 2.24) is 9.97 Å². The lowest BCUT2D eigenvalue weighted by molar-refractivity contribution is -0.385. The molecule has 2 N–H and O–H groups in total. The lowest BCUT2D eigenvalue weighted by Gasteiger charge is -2.16. The molecular formula is C10H16N4O4. The van der Waals surface area contributed by atoms with E-state index in [1.807, 2.05) is 6.92 Å². The van der Waals surface area contributed by atoms with Gasteiger partial charge in [0.05, 0.1) is 12.0 Å². The Labute approximate surface area is 104 Å². The second kappa shape index (κ2) is 6.70. The van der Waals surface area contributed by atoms with Gasteiger partial charge in [0.2, 0.25) is 5.82 Å². The summed E-state index contributed by atoms with van der Waals surface area (Å²) >= 11 is 0. The minimum atomic E-state index is -0.590. The van der Waals surface area contributed by atoms with Crippen LogP contribution in [0.3, 0.4) is 0 Å². The first-order valence-corrected chi connectivity index (χ1v) is 5.54. The van der Waals surface area contributed by atoms with Gasteiger partial charge in [-0.25, -0.2) is 4.98 Å². The predicted molar refractivity (Wildman–Crippen MR) is 64.6 cm³/mol. The minimum Gasteiger partial charge on any atom is -0.476 e. The van der Waals surface area contributed by atoms with Crippen LogP contribution in [-0.4, -0.2) is 39.8 Å². The van der Waals surface area contributed by atoms with Gasteiger partial charge in [0, 0.05) is 12.6 Å². The molecule has 0 saturated carbocycles. The molecule has 8 heteroatoms. The number of methoxy groups -OCH3 is 1. The normalized spacial score (nSPS) is 11.9. The summed E-state index contributed by atoms with van der Waals surface area (Å²) in [4.78, 5) is 17.9. The van der Waals surface area contributed by atoms with E-state index in [1.54, 1.807) is 0 Å². The summed E-state index contributed by atoms with van der Waals surface area (Å²) in [6.07, 6.45) is 2.39. The molecule has 100 valence electrons. The van der Waals surface area contributed by atoms with Crippen LogP contribution in [0.1, 0.15) is 19.8 Å². The van der Waals surface area contributed by atoms with Crippen LogP contribution in [0.15, 0.2) is 6.33 Å². The van der Waals surface area contributed by atoms with Crippen LogP contribution in [0.4, 0.5) is 11.5 Å². The third-order valence-electron chi connectivity index (χ3n) is 2.48. The van der Waals surface area contributed by atoms with Gasteiger partial charge < -0.3 is 15.2 Å². The number of aliphatic hydroxyl groups is 1. The van der Waals surface area contributed by atoms with Crippen LogP contribution < -0.4 is 10.1 Å². The molecule has 0 radical (unpaired) electrons. The molecule has 0 aliphatic rings. The van der Waals surface area contributed by atoms with E-state index in [1.165, 1.54) is 13.4 Å². The van der Waals surface area contributed by atoms with Crippen molar-refractivity contribution >= 4 is 11.5 Å². The maximum Gasteiger partial charge on any atom is 0.372 e. The van der Waals surface area contributed by atoms with Crippen LogP contribution in [0, 0.1) is 10.1 Å². The zero-order valence-corrected chi connectivity index (χ0v) is 10.3. The maximum atomic E-state index is 11.0. The highest BCUT2D eigenvalue weighted by Gasteiger charge is 2.25. The van der Waals surface area contributed by atoms with E-state index >= 15 is 0 Å². The molecule has 0 spiro atoms. The maximum absolute atomic E-state index is 11.0. The van der Waals surface area contributed by atoms with Crippen LogP contribution in [-0.2, 0) is 0 Å². The number of nitrogens with one attached hydrogen (secondary N) is 1. The molecule has 0 saturated heterocycles. The van der Waals surface area contributed by atoms with Crippen molar-refractivity contribution in [1.29, 1.82) is 0 Å².